The molecular formula is C31H32N4O6S. The van der Waals surface area contributed by atoms with Crippen molar-refractivity contribution in [1.82, 2.24) is 14.9 Å². The van der Waals surface area contributed by atoms with Crippen LogP contribution in [0.5, 0.6) is 0 Å². The molecule has 1 saturated heterocycles. The van der Waals surface area contributed by atoms with E-state index in [0.717, 1.165) is 21.0 Å². The molecule has 2 amide bonds. The highest BCUT2D eigenvalue weighted by Gasteiger charge is 2.40. The Balaban J connectivity index is 1.20. The zero-order valence-electron chi connectivity index (χ0n) is 23.1. The first-order chi connectivity index (χ1) is 20.1. The SMILES string of the molecule is Cc1ccc(S(=O)(=O)N2CCC[C@H]2C(=O)N[C@@H](Cc2ccc(C(=O)N[C@@H]3Cc4ccccc4C=N3)cc2)C(=O)O)cc1. The molecule has 3 atom stereocenters. The van der Waals surface area contributed by atoms with Gasteiger partial charge in [-0.25, -0.2) is 13.2 Å². The predicted molar refractivity (Wildman–Crippen MR) is 157 cm³/mol. The molecule has 1 fully saturated rings. The number of sulfonamides is 1. The second kappa shape index (κ2) is 12.3. The van der Waals surface area contributed by atoms with E-state index >= 15 is 0 Å². The Kier molecular flexibility index (Phi) is 8.51. The number of carboxylic acid groups (broad SMARTS) is 1. The lowest BCUT2D eigenvalue weighted by molar-refractivity contribution is -0.142. The maximum absolute atomic E-state index is 13.2. The molecule has 2 heterocycles. The van der Waals surface area contributed by atoms with Crippen molar-refractivity contribution in [3.63, 3.8) is 0 Å². The van der Waals surface area contributed by atoms with E-state index in [4.69, 9.17) is 0 Å². The van der Waals surface area contributed by atoms with E-state index < -0.39 is 34.0 Å². The molecule has 11 heteroatoms. The van der Waals surface area contributed by atoms with Crippen molar-refractivity contribution in [3.05, 3.63) is 101 Å². The van der Waals surface area contributed by atoms with Crippen LogP contribution >= 0.6 is 0 Å². The van der Waals surface area contributed by atoms with Crippen LogP contribution in [-0.4, -0.2) is 66.6 Å². The largest absolute Gasteiger partial charge is 0.480 e. The third-order valence-electron chi connectivity index (χ3n) is 7.56. The number of nitrogens with zero attached hydrogens (tertiary/aromatic N) is 2. The molecular weight excluding hydrogens is 556 g/mol. The summed E-state index contributed by atoms with van der Waals surface area (Å²) < 4.78 is 27.6. The van der Waals surface area contributed by atoms with Gasteiger partial charge < -0.3 is 15.7 Å². The first-order valence-electron chi connectivity index (χ1n) is 13.7. The summed E-state index contributed by atoms with van der Waals surface area (Å²) in [5, 5.41) is 15.3. The van der Waals surface area contributed by atoms with Crippen molar-refractivity contribution in [1.29, 1.82) is 0 Å². The average Bonchev–Trinajstić information content (AvgIpc) is 3.49. The monoisotopic (exact) mass is 588 g/mol. The molecule has 0 aliphatic carbocycles. The van der Waals surface area contributed by atoms with Crippen molar-refractivity contribution >= 4 is 34.0 Å². The minimum atomic E-state index is -3.92. The lowest BCUT2D eigenvalue weighted by atomic mass is 10.0. The van der Waals surface area contributed by atoms with Crippen molar-refractivity contribution in [3.8, 4) is 0 Å². The average molecular weight is 589 g/mol. The Morgan fingerprint density at radius 1 is 1.02 bits per heavy atom. The predicted octanol–water partition coefficient (Wildman–Crippen LogP) is 2.69. The second-order valence-corrected chi connectivity index (χ2v) is 12.4. The fourth-order valence-corrected chi connectivity index (χ4v) is 6.89. The normalized spacial score (nSPS) is 19.1. The van der Waals surface area contributed by atoms with E-state index in [2.05, 4.69) is 15.6 Å². The molecule has 218 valence electrons. The highest BCUT2D eigenvalue weighted by atomic mass is 32.2. The van der Waals surface area contributed by atoms with E-state index in [1.807, 2.05) is 31.2 Å². The molecule has 42 heavy (non-hydrogen) atoms. The Labute approximate surface area is 244 Å². The standard InChI is InChI=1S/C31H32N4O6S/c1-20-8-14-25(15-9-20)42(40,41)35-16-4-7-27(35)30(37)33-26(31(38)39)17-21-10-12-22(13-11-21)29(36)34-28-18-23-5-2-3-6-24(23)19-32-28/h2-3,5-6,8-15,19,26-28H,4,7,16-18H2,1H3,(H,33,37)(H,34,36)(H,38,39)/t26-,27-,28+/m0/s1. The molecule has 0 bridgehead atoms. The molecule has 3 aromatic rings. The number of nitrogens with one attached hydrogen (secondary N) is 2. The maximum Gasteiger partial charge on any atom is 0.326 e. The number of aliphatic carboxylic acids is 1. The van der Waals surface area contributed by atoms with Crippen LogP contribution < -0.4 is 10.6 Å². The Bertz CT molecular complexity index is 1620. The van der Waals surface area contributed by atoms with E-state index in [9.17, 15) is 27.9 Å². The second-order valence-electron chi connectivity index (χ2n) is 10.6. The summed E-state index contributed by atoms with van der Waals surface area (Å²) in [7, 11) is -3.92. The van der Waals surface area contributed by atoms with Crippen LogP contribution in [0.1, 0.15) is 45.5 Å². The number of hydrogen-bond donors (Lipinski definition) is 3. The molecule has 0 spiro atoms. The quantitative estimate of drug-likeness (QED) is 0.351. The van der Waals surface area contributed by atoms with Crippen molar-refractivity contribution < 1.29 is 27.9 Å². The number of rotatable bonds is 9. The molecule has 3 aromatic carbocycles. The van der Waals surface area contributed by atoms with Gasteiger partial charge in [-0.05, 0) is 60.7 Å². The molecule has 0 aromatic heterocycles. The minimum Gasteiger partial charge on any atom is -0.480 e. The number of carbonyl (C=O) groups excluding carboxylic acids is 2. The van der Waals surface area contributed by atoms with Crippen molar-refractivity contribution in [2.24, 2.45) is 4.99 Å². The van der Waals surface area contributed by atoms with Crippen LogP contribution in [0.4, 0.5) is 0 Å². The summed E-state index contributed by atoms with van der Waals surface area (Å²) in [4.78, 5) is 42.5. The zero-order valence-corrected chi connectivity index (χ0v) is 23.9. The van der Waals surface area contributed by atoms with Gasteiger partial charge in [-0.3, -0.25) is 14.6 Å². The summed E-state index contributed by atoms with van der Waals surface area (Å²) in [6.07, 6.45) is 2.69. The Hall–Kier alpha value is -4.35. The van der Waals surface area contributed by atoms with E-state index in [1.165, 1.54) is 12.1 Å². The third kappa shape index (κ3) is 6.42. The number of amides is 2. The van der Waals surface area contributed by atoms with Gasteiger partial charge in [-0.15, -0.1) is 0 Å². The highest BCUT2D eigenvalue weighted by molar-refractivity contribution is 7.89. The van der Waals surface area contributed by atoms with Crippen molar-refractivity contribution in [2.45, 2.75) is 55.8 Å². The van der Waals surface area contributed by atoms with Crippen LogP contribution in [-0.2, 0) is 32.5 Å². The van der Waals surface area contributed by atoms with Crippen LogP contribution in [0.2, 0.25) is 0 Å². The number of carbonyl (C=O) groups is 3. The first kappa shape index (κ1) is 29.2. The van der Waals surface area contributed by atoms with Gasteiger partial charge in [-0.1, -0.05) is 54.1 Å². The molecule has 0 radical (unpaired) electrons. The highest BCUT2D eigenvalue weighted by Crippen LogP contribution is 2.27. The number of benzene rings is 3. The molecule has 2 aliphatic heterocycles. The molecule has 2 aliphatic rings. The smallest absolute Gasteiger partial charge is 0.326 e. The van der Waals surface area contributed by atoms with E-state index in [-0.39, 0.29) is 29.9 Å². The summed E-state index contributed by atoms with van der Waals surface area (Å²) in [5.41, 5.74) is 4.03. The number of aryl methyl sites for hydroxylation is 1. The van der Waals surface area contributed by atoms with Crippen LogP contribution in [0.3, 0.4) is 0 Å². The van der Waals surface area contributed by atoms with Gasteiger partial charge in [0.25, 0.3) is 5.91 Å². The molecule has 10 nitrogen and oxygen atoms in total. The zero-order chi connectivity index (χ0) is 29.9. The maximum atomic E-state index is 13.2. The van der Waals surface area contributed by atoms with Gasteiger partial charge in [0.05, 0.1) is 4.90 Å². The summed E-state index contributed by atoms with van der Waals surface area (Å²) in [6, 6.07) is 18.4. The number of aliphatic imine (C=N–C) groups is 1. The number of fused-ring (bicyclic) bond motifs is 1. The number of hydrogen-bond acceptors (Lipinski definition) is 6. The first-order valence-corrected chi connectivity index (χ1v) is 15.2. The summed E-state index contributed by atoms with van der Waals surface area (Å²) >= 11 is 0. The Morgan fingerprint density at radius 3 is 2.45 bits per heavy atom. The van der Waals surface area contributed by atoms with Crippen LogP contribution in [0, 0.1) is 6.92 Å². The summed E-state index contributed by atoms with van der Waals surface area (Å²) in [6.45, 7) is 2.02. The van der Waals surface area contributed by atoms with Crippen molar-refractivity contribution in [2.75, 3.05) is 6.54 Å². The third-order valence-corrected chi connectivity index (χ3v) is 9.49. The Morgan fingerprint density at radius 2 is 1.74 bits per heavy atom. The lowest BCUT2D eigenvalue weighted by Crippen LogP contribution is -2.51. The van der Waals surface area contributed by atoms with Crippen LogP contribution in [0.25, 0.3) is 0 Å². The fraction of sp³-hybridized carbons (Fsp3) is 0.290. The lowest BCUT2D eigenvalue weighted by Gasteiger charge is -2.25. The van der Waals surface area contributed by atoms with Gasteiger partial charge in [0, 0.05) is 31.2 Å². The van der Waals surface area contributed by atoms with Gasteiger partial charge in [0.2, 0.25) is 15.9 Å². The van der Waals surface area contributed by atoms with Gasteiger partial charge in [0.15, 0.2) is 0 Å². The summed E-state index contributed by atoms with van der Waals surface area (Å²) in [5.74, 6) is -2.20. The molecule has 5 rings (SSSR count). The fourth-order valence-electron chi connectivity index (χ4n) is 5.23. The molecule has 3 N–H and O–H groups in total. The topological polar surface area (TPSA) is 145 Å². The van der Waals surface area contributed by atoms with Crippen LogP contribution in [0.15, 0.2) is 82.7 Å². The molecule has 0 unspecified atom stereocenters. The number of carboxylic acids is 1. The van der Waals surface area contributed by atoms with Gasteiger partial charge in [-0.2, -0.15) is 4.31 Å². The van der Waals surface area contributed by atoms with E-state index in [0.29, 0.717) is 30.4 Å². The van der Waals surface area contributed by atoms with E-state index in [1.54, 1.807) is 42.6 Å². The molecule has 0 saturated carbocycles. The minimum absolute atomic E-state index is 0.0376. The van der Waals surface area contributed by atoms with Gasteiger partial charge >= 0.3 is 5.97 Å². The van der Waals surface area contributed by atoms with Gasteiger partial charge in [0.1, 0.15) is 18.2 Å².